The average molecular weight is 286 g/mol. The maximum Gasteiger partial charge on any atom is 0.133 e. The maximum atomic E-state index is 13.7. The van der Waals surface area contributed by atoms with Crippen LogP contribution in [0.15, 0.2) is 54.6 Å². The largest absolute Gasteiger partial charge is 0.207 e. The molecule has 2 aromatic rings. The van der Waals surface area contributed by atoms with Crippen LogP contribution in [0.2, 0.25) is 0 Å². The predicted octanol–water partition coefficient (Wildman–Crippen LogP) is 5.92. The Hall–Kier alpha value is -1.96. The first-order valence-electron chi connectivity index (χ1n) is 7.40. The fraction of sp³-hybridized carbons (Fsp3) is 0.263. The topological polar surface area (TPSA) is 0 Å². The molecule has 0 aliphatic carbocycles. The third-order valence-electron chi connectivity index (χ3n) is 3.42. The van der Waals surface area contributed by atoms with E-state index in [1.165, 1.54) is 24.1 Å². The van der Waals surface area contributed by atoms with Crippen LogP contribution < -0.4 is 0 Å². The molecule has 21 heavy (non-hydrogen) atoms. The van der Waals surface area contributed by atoms with E-state index < -0.39 is 11.6 Å². The van der Waals surface area contributed by atoms with Crippen molar-refractivity contribution < 1.29 is 8.78 Å². The normalized spacial score (nSPS) is 11.2. The molecule has 0 atom stereocenters. The van der Waals surface area contributed by atoms with Crippen molar-refractivity contribution in [2.24, 2.45) is 0 Å². The van der Waals surface area contributed by atoms with Gasteiger partial charge in [0, 0.05) is 11.6 Å². The van der Waals surface area contributed by atoms with Gasteiger partial charge in [-0.15, -0.1) is 0 Å². The lowest BCUT2D eigenvalue weighted by atomic mass is 10.0. The number of rotatable bonds is 6. The molecule has 0 unspecified atom stereocenters. The molecular formula is C19H20F2. The summed E-state index contributed by atoms with van der Waals surface area (Å²) in [5.74, 6) is -1.07. The lowest BCUT2D eigenvalue weighted by molar-refractivity contribution is 0.585. The fourth-order valence-corrected chi connectivity index (χ4v) is 2.23. The minimum absolute atomic E-state index is 0.436. The molecule has 2 aromatic carbocycles. The number of halogens is 2. The van der Waals surface area contributed by atoms with Crippen molar-refractivity contribution in [3.63, 3.8) is 0 Å². The second kappa shape index (κ2) is 7.72. The first-order chi connectivity index (χ1) is 10.2. The molecule has 0 saturated carbocycles. The number of benzene rings is 2. The Bertz CT molecular complexity index is 597. The molecule has 110 valence electrons. The summed E-state index contributed by atoms with van der Waals surface area (Å²) in [6.07, 6.45) is 8.72. The van der Waals surface area contributed by atoms with Gasteiger partial charge in [-0.1, -0.05) is 49.8 Å². The first-order valence-corrected chi connectivity index (χ1v) is 7.40. The molecule has 0 nitrogen and oxygen atoms in total. The molecular weight excluding hydrogens is 266 g/mol. The summed E-state index contributed by atoms with van der Waals surface area (Å²) in [5.41, 5.74) is 2.44. The van der Waals surface area contributed by atoms with Crippen molar-refractivity contribution in [2.45, 2.75) is 32.6 Å². The van der Waals surface area contributed by atoms with Gasteiger partial charge in [0.15, 0.2) is 0 Å². The molecule has 0 heterocycles. The second-order valence-electron chi connectivity index (χ2n) is 5.12. The third kappa shape index (κ3) is 4.52. The number of aryl methyl sites for hydroxylation is 1. The molecule has 2 rings (SSSR count). The van der Waals surface area contributed by atoms with E-state index in [4.69, 9.17) is 0 Å². The smallest absolute Gasteiger partial charge is 0.133 e. The fourth-order valence-electron chi connectivity index (χ4n) is 2.23. The highest BCUT2D eigenvalue weighted by Crippen LogP contribution is 2.24. The third-order valence-corrected chi connectivity index (χ3v) is 3.42. The Morgan fingerprint density at radius 3 is 2.29 bits per heavy atom. The van der Waals surface area contributed by atoms with Gasteiger partial charge in [-0.3, -0.25) is 0 Å². The van der Waals surface area contributed by atoms with E-state index in [0.29, 0.717) is 5.56 Å². The van der Waals surface area contributed by atoms with Crippen LogP contribution in [0.25, 0.3) is 11.1 Å². The first kappa shape index (κ1) is 15.4. The van der Waals surface area contributed by atoms with Gasteiger partial charge in [0.2, 0.25) is 0 Å². The molecule has 0 aliphatic rings. The zero-order chi connectivity index (χ0) is 15.1. The number of hydrogen-bond donors (Lipinski definition) is 0. The van der Waals surface area contributed by atoms with Crippen molar-refractivity contribution >= 4 is 0 Å². The maximum absolute atomic E-state index is 13.7. The van der Waals surface area contributed by atoms with Gasteiger partial charge in [0.05, 0.1) is 0 Å². The lowest BCUT2D eigenvalue weighted by Crippen LogP contribution is -1.88. The van der Waals surface area contributed by atoms with Gasteiger partial charge in [-0.2, -0.15) is 0 Å². The average Bonchev–Trinajstić information content (AvgIpc) is 2.48. The van der Waals surface area contributed by atoms with Crippen molar-refractivity contribution in [1.82, 2.24) is 0 Å². The van der Waals surface area contributed by atoms with Crippen LogP contribution >= 0.6 is 0 Å². The predicted molar refractivity (Wildman–Crippen MR) is 84.2 cm³/mol. The molecule has 0 fully saturated rings. The van der Waals surface area contributed by atoms with E-state index in [0.717, 1.165) is 30.9 Å². The zero-order valence-electron chi connectivity index (χ0n) is 12.3. The molecule has 0 amide bonds. The lowest BCUT2D eigenvalue weighted by Gasteiger charge is -2.05. The quantitative estimate of drug-likeness (QED) is 0.578. The zero-order valence-corrected chi connectivity index (χ0v) is 12.3. The van der Waals surface area contributed by atoms with Crippen LogP contribution in [-0.4, -0.2) is 0 Å². The van der Waals surface area contributed by atoms with E-state index in [-0.39, 0.29) is 0 Å². The molecule has 0 N–H and O–H groups in total. The minimum Gasteiger partial charge on any atom is -0.207 e. The van der Waals surface area contributed by atoms with Gasteiger partial charge in [-0.05, 0) is 42.5 Å². The summed E-state index contributed by atoms with van der Waals surface area (Å²) in [4.78, 5) is 0. The van der Waals surface area contributed by atoms with Crippen LogP contribution in [-0.2, 0) is 6.42 Å². The van der Waals surface area contributed by atoms with Crippen molar-refractivity contribution in [3.8, 4) is 11.1 Å². The van der Waals surface area contributed by atoms with E-state index >= 15 is 0 Å². The minimum atomic E-state index is -0.549. The van der Waals surface area contributed by atoms with Crippen LogP contribution in [0.5, 0.6) is 0 Å². The van der Waals surface area contributed by atoms with Crippen molar-refractivity contribution in [3.05, 3.63) is 71.8 Å². The van der Waals surface area contributed by atoms with Crippen molar-refractivity contribution in [1.29, 1.82) is 0 Å². The summed E-state index contributed by atoms with van der Waals surface area (Å²) in [5, 5.41) is 0. The van der Waals surface area contributed by atoms with Crippen LogP contribution in [0.4, 0.5) is 8.78 Å². The summed E-state index contributed by atoms with van der Waals surface area (Å²) in [6.45, 7) is 2.16. The number of hydrogen-bond acceptors (Lipinski definition) is 0. The van der Waals surface area contributed by atoms with E-state index in [9.17, 15) is 8.78 Å². The Labute approximate surface area is 125 Å². The van der Waals surface area contributed by atoms with Gasteiger partial charge in [0.25, 0.3) is 0 Å². The monoisotopic (exact) mass is 286 g/mol. The molecule has 0 aromatic heterocycles. The Morgan fingerprint density at radius 1 is 0.905 bits per heavy atom. The Balaban J connectivity index is 2.01. The molecule has 0 aliphatic heterocycles. The summed E-state index contributed by atoms with van der Waals surface area (Å²) in [6, 6.07) is 11.5. The SMILES string of the molecule is CCCC=CCCc1ccc(-c2ccc(F)cc2F)cc1. The van der Waals surface area contributed by atoms with Gasteiger partial charge < -0.3 is 0 Å². The molecule has 0 saturated heterocycles. The van der Waals surface area contributed by atoms with Gasteiger partial charge >= 0.3 is 0 Å². The van der Waals surface area contributed by atoms with Crippen LogP contribution in [0.3, 0.4) is 0 Å². The van der Waals surface area contributed by atoms with E-state index in [1.54, 1.807) is 0 Å². The highest BCUT2D eigenvalue weighted by molar-refractivity contribution is 5.64. The molecule has 0 radical (unpaired) electrons. The summed E-state index contributed by atoms with van der Waals surface area (Å²) < 4.78 is 26.6. The van der Waals surface area contributed by atoms with Crippen molar-refractivity contribution in [2.75, 3.05) is 0 Å². The second-order valence-corrected chi connectivity index (χ2v) is 5.12. The molecule has 0 bridgehead atoms. The Morgan fingerprint density at radius 2 is 1.62 bits per heavy atom. The highest BCUT2D eigenvalue weighted by atomic mass is 19.1. The molecule has 2 heteroatoms. The van der Waals surface area contributed by atoms with Crippen LogP contribution in [0.1, 0.15) is 31.7 Å². The van der Waals surface area contributed by atoms with Crippen LogP contribution in [0, 0.1) is 11.6 Å². The van der Waals surface area contributed by atoms with Gasteiger partial charge in [-0.25, -0.2) is 8.78 Å². The standard InChI is InChI=1S/C19H20F2/c1-2-3-4-5-6-7-15-8-10-16(11-9-15)18-13-12-17(20)14-19(18)21/h4-5,8-14H,2-3,6-7H2,1H3. The van der Waals surface area contributed by atoms with E-state index in [2.05, 4.69) is 19.1 Å². The summed E-state index contributed by atoms with van der Waals surface area (Å²) in [7, 11) is 0. The summed E-state index contributed by atoms with van der Waals surface area (Å²) >= 11 is 0. The molecule has 0 spiro atoms. The number of allylic oxidation sites excluding steroid dienone is 2. The number of unbranched alkanes of at least 4 members (excludes halogenated alkanes) is 1. The van der Waals surface area contributed by atoms with E-state index in [1.807, 2.05) is 24.3 Å². The Kier molecular flexibility index (Phi) is 5.68. The van der Waals surface area contributed by atoms with Gasteiger partial charge in [0.1, 0.15) is 11.6 Å². The highest BCUT2D eigenvalue weighted by Gasteiger charge is 2.06.